The standard InChI is InChI=1S/C23H25NO3S/c1-18-12-14-22(15-13-18)28(26,27)24(17-19(2)25)16-6-10-21-9-5-8-20-7-3-4-11-23(20)21/h3-5,7-9,11-15H,6,10,16-17H2,1-2H3. The molecule has 3 aromatic carbocycles. The van der Waals surface area contributed by atoms with Gasteiger partial charge in [-0.1, -0.05) is 60.2 Å². The largest absolute Gasteiger partial charge is 0.299 e. The van der Waals surface area contributed by atoms with Crippen molar-refractivity contribution >= 4 is 26.6 Å². The van der Waals surface area contributed by atoms with Crippen LogP contribution in [0, 0.1) is 6.92 Å². The Morgan fingerprint density at radius 1 is 0.929 bits per heavy atom. The molecular weight excluding hydrogens is 370 g/mol. The molecule has 0 bridgehead atoms. The summed E-state index contributed by atoms with van der Waals surface area (Å²) < 4.78 is 27.3. The van der Waals surface area contributed by atoms with Gasteiger partial charge in [0.25, 0.3) is 0 Å². The van der Waals surface area contributed by atoms with E-state index in [-0.39, 0.29) is 17.2 Å². The van der Waals surface area contributed by atoms with Crippen LogP contribution in [0.4, 0.5) is 0 Å². The van der Waals surface area contributed by atoms with Crippen molar-refractivity contribution in [3.05, 3.63) is 77.9 Å². The molecule has 0 aliphatic rings. The third kappa shape index (κ3) is 4.66. The van der Waals surface area contributed by atoms with E-state index < -0.39 is 10.0 Å². The van der Waals surface area contributed by atoms with Crippen LogP contribution in [0.3, 0.4) is 0 Å². The van der Waals surface area contributed by atoms with Crippen LogP contribution < -0.4 is 0 Å². The van der Waals surface area contributed by atoms with Crippen LogP contribution >= 0.6 is 0 Å². The third-order valence-electron chi connectivity index (χ3n) is 4.79. The SMILES string of the molecule is CC(=O)CN(CCCc1cccc2ccccc12)S(=O)(=O)c1ccc(C)cc1. The van der Waals surface area contributed by atoms with Crippen molar-refractivity contribution in [3.8, 4) is 0 Å². The first-order valence-corrected chi connectivity index (χ1v) is 10.8. The number of nitrogens with zero attached hydrogens (tertiary/aromatic N) is 1. The summed E-state index contributed by atoms with van der Waals surface area (Å²) in [6, 6.07) is 21.1. The highest BCUT2D eigenvalue weighted by atomic mass is 32.2. The number of aryl methyl sites for hydroxylation is 2. The van der Waals surface area contributed by atoms with E-state index in [0.29, 0.717) is 13.0 Å². The van der Waals surface area contributed by atoms with Crippen LogP contribution in [0.25, 0.3) is 10.8 Å². The minimum atomic E-state index is -3.70. The minimum absolute atomic E-state index is 0.105. The lowest BCUT2D eigenvalue weighted by atomic mass is 10.0. The van der Waals surface area contributed by atoms with Crippen LogP contribution in [0.1, 0.15) is 24.5 Å². The van der Waals surface area contributed by atoms with E-state index in [0.717, 1.165) is 12.0 Å². The number of hydrogen-bond donors (Lipinski definition) is 0. The highest BCUT2D eigenvalue weighted by Crippen LogP contribution is 2.21. The van der Waals surface area contributed by atoms with Gasteiger partial charge in [0, 0.05) is 6.54 Å². The van der Waals surface area contributed by atoms with Gasteiger partial charge in [0.2, 0.25) is 10.0 Å². The second-order valence-corrected chi connectivity index (χ2v) is 9.03. The summed E-state index contributed by atoms with van der Waals surface area (Å²) in [6.45, 7) is 3.53. The average molecular weight is 396 g/mol. The first-order chi connectivity index (χ1) is 13.4. The van der Waals surface area contributed by atoms with E-state index in [9.17, 15) is 13.2 Å². The Bertz CT molecular complexity index is 1070. The number of Topliss-reactive ketones (excluding diaryl/α,β-unsaturated/α-hetero) is 1. The molecule has 5 heteroatoms. The normalized spacial score (nSPS) is 11.8. The van der Waals surface area contributed by atoms with Crippen molar-refractivity contribution in [2.24, 2.45) is 0 Å². The van der Waals surface area contributed by atoms with Crippen LogP contribution in [0.15, 0.2) is 71.6 Å². The molecule has 3 rings (SSSR count). The van der Waals surface area contributed by atoms with Gasteiger partial charge in [-0.25, -0.2) is 8.42 Å². The van der Waals surface area contributed by atoms with Gasteiger partial charge in [-0.15, -0.1) is 0 Å². The molecule has 4 nitrogen and oxygen atoms in total. The Kier molecular flexibility index (Phi) is 6.27. The van der Waals surface area contributed by atoms with Crippen molar-refractivity contribution in [2.75, 3.05) is 13.1 Å². The highest BCUT2D eigenvalue weighted by Gasteiger charge is 2.25. The number of hydrogen-bond acceptors (Lipinski definition) is 3. The predicted octanol–water partition coefficient (Wildman–Crippen LogP) is 4.36. The van der Waals surface area contributed by atoms with Crippen molar-refractivity contribution in [2.45, 2.75) is 31.6 Å². The summed E-state index contributed by atoms with van der Waals surface area (Å²) >= 11 is 0. The summed E-state index contributed by atoms with van der Waals surface area (Å²) in [7, 11) is -3.70. The highest BCUT2D eigenvalue weighted by molar-refractivity contribution is 7.89. The van der Waals surface area contributed by atoms with Crippen LogP contribution in [0.5, 0.6) is 0 Å². The molecule has 0 aliphatic heterocycles. The lowest BCUT2D eigenvalue weighted by molar-refractivity contribution is -0.117. The predicted molar refractivity (Wildman–Crippen MR) is 113 cm³/mol. The molecule has 146 valence electrons. The summed E-state index contributed by atoms with van der Waals surface area (Å²) in [6.07, 6.45) is 1.39. The number of rotatable bonds is 8. The molecule has 0 radical (unpaired) electrons. The smallest absolute Gasteiger partial charge is 0.243 e. The fourth-order valence-electron chi connectivity index (χ4n) is 3.35. The van der Waals surface area contributed by atoms with E-state index >= 15 is 0 Å². The monoisotopic (exact) mass is 395 g/mol. The van der Waals surface area contributed by atoms with Crippen molar-refractivity contribution in [1.29, 1.82) is 0 Å². The topological polar surface area (TPSA) is 54.5 Å². The van der Waals surface area contributed by atoms with Crippen LogP contribution in [-0.2, 0) is 21.2 Å². The molecule has 0 unspecified atom stereocenters. The Morgan fingerprint density at radius 3 is 2.32 bits per heavy atom. The first-order valence-electron chi connectivity index (χ1n) is 9.41. The van der Waals surface area contributed by atoms with Gasteiger partial charge in [-0.3, -0.25) is 4.79 Å². The van der Waals surface area contributed by atoms with E-state index in [1.807, 2.05) is 25.1 Å². The zero-order valence-electron chi connectivity index (χ0n) is 16.3. The van der Waals surface area contributed by atoms with Gasteiger partial charge in [0.05, 0.1) is 11.4 Å². The summed E-state index contributed by atoms with van der Waals surface area (Å²) in [5.74, 6) is -0.166. The number of fused-ring (bicyclic) bond motifs is 1. The van der Waals surface area contributed by atoms with E-state index in [4.69, 9.17) is 0 Å². The number of carbonyl (C=O) groups is 1. The Labute approximate surface area is 166 Å². The molecular formula is C23H25NO3S. The third-order valence-corrected chi connectivity index (χ3v) is 6.65. The Hall–Kier alpha value is -2.50. The Morgan fingerprint density at radius 2 is 1.61 bits per heavy atom. The molecule has 0 atom stereocenters. The van der Waals surface area contributed by atoms with Gasteiger partial charge >= 0.3 is 0 Å². The van der Waals surface area contributed by atoms with Gasteiger partial charge < -0.3 is 0 Å². The van der Waals surface area contributed by atoms with Crippen molar-refractivity contribution in [1.82, 2.24) is 4.31 Å². The van der Waals surface area contributed by atoms with E-state index in [1.165, 1.54) is 27.6 Å². The number of carbonyl (C=O) groups excluding carboxylic acids is 1. The number of sulfonamides is 1. The van der Waals surface area contributed by atoms with Crippen molar-refractivity contribution < 1.29 is 13.2 Å². The maximum atomic E-state index is 13.0. The fourth-order valence-corrected chi connectivity index (χ4v) is 4.85. The zero-order chi connectivity index (χ0) is 20.1. The van der Waals surface area contributed by atoms with Gasteiger partial charge in [-0.2, -0.15) is 4.31 Å². The molecule has 0 aliphatic carbocycles. The molecule has 0 saturated heterocycles. The van der Waals surface area contributed by atoms with E-state index in [1.54, 1.807) is 24.3 Å². The molecule has 0 aromatic heterocycles. The molecule has 0 N–H and O–H groups in total. The Balaban J connectivity index is 1.77. The molecule has 0 spiro atoms. The fraction of sp³-hybridized carbons (Fsp3) is 0.261. The summed E-state index contributed by atoms with van der Waals surface area (Å²) in [5, 5.41) is 2.36. The van der Waals surface area contributed by atoms with Gasteiger partial charge in [-0.05, 0) is 55.2 Å². The van der Waals surface area contributed by atoms with Crippen molar-refractivity contribution in [3.63, 3.8) is 0 Å². The number of benzene rings is 3. The molecule has 28 heavy (non-hydrogen) atoms. The molecule has 3 aromatic rings. The second kappa shape index (κ2) is 8.67. The molecule has 0 fully saturated rings. The second-order valence-electron chi connectivity index (χ2n) is 7.10. The van der Waals surface area contributed by atoms with Crippen LogP contribution in [0.2, 0.25) is 0 Å². The van der Waals surface area contributed by atoms with Gasteiger partial charge in [0.1, 0.15) is 5.78 Å². The maximum Gasteiger partial charge on any atom is 0.243 e. The molecule has 0 heterocycles. The summed E-state index contributed by atoms with van der Waals surface area (Å²) in [4.78, 5) is 11.9. The van der Waals surface area contributed by atoms with Gasteiger partial charge in [0.15, 0.2) is 0 Å². The zero-order valence-corrected chi connectivity index (χ0v) is 17.1. The molecule has 0 amide bonds. The lowest BCUT2D eigenvalue weighted by Gasteiger charge is -2.21. The number of ketones is 1. The maximum absolute atomic E-state index is 13.0. The lowest BCUT2D eigenvalue weighted by Crippen LogP contribution is -2.36. The van der Waals surface area contributed by atoms with Crippen LogP contribution in [-0.4, -0.2) is 31.6 Å². The summed E-state index contributed by atoms with van der Waals surface area (Å²) in [5.41, 5.74) is 2.18. The first kappa shape index (κ1) is 20.2. The van der Waals surface area contributed by atoms with E-state index in [2.05, 4.69) is 24.3 Å². The quantitative estimate of drug-likeness (QED) is 0.569. The molecule has 0 saturated carbocycles. The average Bonchev–Trinajstić information content (AvgIpc) is 2.67. The minimum Gasteiger partial charge on any atom is -0.299 e.